The first-order chi connectivity index (χ1) is 11.0. The van der Waals surface area contributed by atoms with Gasteiger partial charge in [-0.25, -0.2) is 4.79 Å². The summed E-state index contributed by atoms with van der Waals surface area (Å²) in [6.07, 6.45) is -3.52. The van der Waals surface area contributed by atoms with E-state index in [0.717, 1.165) is 11.6 Å². The lowest BCUT2D eigenvalue weighted by molar-refractivity contribution is -0.279. The van der Waals surface area contributed by atoms with Crippen LogP contribution in [0.3, 0.4) is 0 Å². The summed E-state index contributed by atoms with van der Waals surface area (Å²) < 4.78 is 52.2. The smallest absolute Gasteiger partial charge is 0.432 e. The van der Waals surface area contributed by atoms with E-state index in [0.29, 0.717) is 6.42 Å². The highest BCUT2D eigenvalue weighted by Crippen LogP contribution is 2.46. The summed E-state index contributed by atoms with van der Waals surface area (Å²) in [6, 6.07) is 6.80. The molecular weight excluding hydrogens is 389 g/mol. The Morgan fingerprint density at radius 3 is 2.25 bits per heavy atom. The molecule has 3 nitrogen and oxygen atoms in total. The van der Waals surface area contributed by atoms with E-state index in [9.17, 15) is 18.0 Å². The molecule has 1 aliphatic carbocycles. The van der Waals surface area contributed by atoms with Crippen LogP contribution in [-0.4, -0.2) is 25.4 Å². The van der Waals surface area contributed by atoms with Gasteiger partial charge in [-0.3, -0.25) is 0 Å². The number of esters is 1. The van der Waals surface area contributed by atoms with Crippen molar-refractivity contribution < 1.29 is 27.4 Å². The molecule has 0 radical (unpaired) electrons. The van der Waals surface area contributed by atoms with Crippen LogP contribution in [0.25, 0.3) is 0 Å². The van der Waals surface area contributed by atoms with Crippen LogP contribution in [0, 0.1) is 5.41 Å². The molecule has 7 heteroatoms. The van der Waals surface area contributed by atoms with E-state index in [-0.39, 0.29) is 5.56 Å². The SMILES string of the molecule is CO[C@](C(=O)O[C@@H]1CC(Br)=CC1(C)C)(c1ccccc1)C(F)(F)F. The average Bonchev–Trinajstić information content (AvgIpc) is 2.72. The molecule has 0 aromatic heterocycles. The summed E-state index contributed by atoms with van der Waals surface area (Å²) in [6.45, 7) is 3.59. The summed E-state index contributed by atoms with van der Waals surface area (Å²) in [4.78, 5) is 12.6. The molecule has 0 fully saturated rings. The normalized spacial score (nSPS) is 22.6. The van der Waals surface area contributed by atoms with Crippen molar-refractivity contribution in [3.05, 3.63) is 46.5 Å². The van der Waals surface area contributed by atoms with Crippen LogP contribution in [0.5, 0.6) is 0 Å². The molecule has 0 heterocycles. The minimum absolute atomic E-state index is 0.312. The van der Waals surface area contributed by atoms with Gasteiger partial charge in [0, 0.05) is 24.5 Å². The van der Waals surface area contributed by atoms with Crippen LogP contribution in [0.1, 0.15) is 25.8 Å². The Kier molecular flexibility index (Phi) is 5.16. The van der Waals surface area contributed by atoms with Gasteiger partial charge in [-0.15, -0.1) is 0 Å². The highest BCUT2D eigenvalue weighted by Gasteiger charge is 2.64. The molecule has 132 valence electrons. The zero-order chi connectivity index (χ0) is 18.2. The Morgan fingerprint density at radius 1 is 1.25 bits per heavy atom. The third-order valence-corrected chi connectivity index (χ3v) is 4.71. The molecule has 1 aromatic rings. The quantitative estimate of drug-likeness (QED) is 0.679. The first-order valence-corrected chi connectivity index (χ1v) is 8.09. The van der Waals surface area contributed by atoms with Crippen molar-refractivity contribution in [3.8, 4) is 0 Å². The van der Waals surface area contributed by atoms with Crippen molar-refractivity contribution in [2.24, 2.45) is 5.41 Å². The van der Waals surface area contributed by atoms with E-state index < -0.39 is 29.3 Å². The second-order valence-electron chi connectivity index (χ2n) is 6.26. The van der Waals surface area contributed by atoms with Gasteiger partial charge in [0.15, 0.2) is 0 Å². The zero-order valence-corrected chi connectivity index (χ0v) is 15.1. The van der Waals surface area contributed by atoms with E-state index in [2.05, 4.69) is 15.9 Å². The number of carbonyl (C=O) groups is 1. The lowest BCUT2D eigenvalue weighted by atomic mass is 9.89. The summed E-state index contributed by atoms with van der Waals surface area (Å²) >= 11 is 3.31. The Bertz CT molecular complexity index is 640. The maximum atomic E-state index is 13.8. The predicted octanol–water partition coefficient (Wildman–Crippen LogP) is 4.71. The van der Waals surface area contributed by atoms with Crippen molar-refractivity contribution in [2.75, 3.05) is 7.11 Å². The van der Waals surface area contributed by atoms with E-state index in [1.165, 1.54) is 24.3 Å². The maximum absolute atomic E-state index is 13.8. The first-order valence-electron chi connectivity index (χ1n) is 7.30. The number of hydrogen-bond donors (Lipinski definition) is 0. The molecule has 0 aliphatic heterocycles. The molecule has 1 aromatic carbocycles. The number of hydrogen-bond acceptors (Lipinski definition) is 3. The van der Waals surface area contributed by atoms with Gasteiger partial charge in [-0.1, -0.05) is 66.2 Å². The molecule has 2 atom stereocenters. The molecule has 0 saturated heterocycles. The molecule has 0 amide bonds. The van der Waals surface area contributed by atoms with Crippen LogP contribution in [0.4, 0.5) is 13.2 Å². The molecule has 24 heavy (non-hydrogen) atoms. The minimum Gasteiger partial charge on any atom is -0.458 e. The number of methoxy groups -OCH3 is 1. The first kappa shape index (κ1) is 19.0. The lowest BCUT2D eigenvalue weighted by Gasteiger charge is -2.35. The Morgan fingerprint density at radius 2 is 1.83 bits per heavy atom. The average molecular weight is 407 g/mol. The van der Waals surface area contributed by atoms with Crippen molar-refractivity contribution in [1.82, 2.24) is 0 Å². The van der Waals surface area contributed by atoms with E-state index >= 15 is 0 Å². The summed E-state index contributed by atoms with van der Waals surface area (Å²) in [7, 11) is 0.857. The molecule has 0 N–H and O–H groups in total. The highest BCUT2D eigenvalue weighted by atomic mass is 79.9. The van der Waals surface area contributed by atoms with Crippen LogP contribution in [0.2, 0.25) is 0 Å². The van der Waals surface area contributed by atoms with Crippen LogP contribution < -0.4 is 0 Å². The van der Waals surface area contributed by atoms with Crippen LogP contribution in [0.15, 0.2) is 40.9 Å². The summed E-state index contributed by atoms with van der Waals surface area (Å²) in [5.74, 6) is -1.46. The lowest BCUT2D eigenvalue weighted by Crippen LogP contribution is -2.53. The Balaban J connectivity index is 2.40. The second-order valence-corrected chi connectivity index (χ2v) is 7.28. The number of benzene rings is 1. The fourth-order valence-electron chi connectivity index (χ4n) is 2.79. The molecular formula is C17H18BrF3O3. The number of ether oxygens (including phenoxy) is 2. The Labute approximate surface area is 147 Å². The Hall–Kier alpha value is -1.34. The molecule has 0 spiro atoms. The molecule has 2 rings (SSSR count). The van der Waals surface area contributed by atoms with Crippen LogP contribution >= 0.6 is 15.9 Å². The van der Waals surface area contributed by atoms with Crippen molar-refractivity contribution >= 4 is 21.9 Å². The number of rotatable bonds is 4. The summed E-state index contributed by atoms with van der Waals surface area (Å²) in [5, 5.41) is 0. The van der Waals surface area contributed by atoms with E-state index in [4.69, 9.17) is 9.47 Å². The number of alkyl halides is 3. The number of carbonyl (C=O) groups excluding carboxylic acids is 1. The van der Waals surface area contributed by atoms with Crippen molar-refractivity contribution in [1.29, 1.82) is 0 Å². The van der Waals surface area contributed by atoms with Gasteiger partial charge in [0.1, 0.15) is 6.10 Å². The monoisotopic (exact) mass is 406 g/mol. The van der Waals surface area contributed by atoms with Gasteiger partial charge in [-0.2, -0.15) is 13.2 Å². The zero-order valence-electron chi connectivity index (χ0n) is 13.5. The fraction of sp³-hybridized carbons (Fsp3) is 0.471. The number of halogens is 4. The second kappa shape index (κ2) is 6.52. The summed E-state index contributed by atoms with van der Waals surface area (Å²) in [5.41, 5.74) is -4.04. The van der Waals surface area contributed by atoms with Crippen LogP contribution in [-0.2, 0) is 19.9 Å². The van der Waals surface area contributed by atoms with E-state index in [1.54, 1.807) is 19.9 Å². The molecule has 0 unspecified atom stereocenters. The minimum atomic E-state index is -4.96. The van der Waals surface area contributed by atoms with E-state index in [1.807, 2.05) is 6.08 Å². The predicted molar refractivity (Wildman–Crippen MR) is 86.5 cm³/mol. The maximum Gasteiger partial charge on any atom is 0.432 e. The van der Waals surface area contributed by atoms with Crippen molar-refractivity contribution in [3.63, 3.8) is 0 Å². The third kappa shape index (κ3) is 3.24. The van der Waals surface area contributed by atoms with Gasteiger partial charge in [0.2, 0.25) is 0 Å². The molecule has 1 aliphatic rings. The third-order valence-electron chi connectivity index (χ3n) is 4.16. The molecule has 0 saturated carbocycles. The highest BCUT2D eigenvalue weighted by molar-refractivity contribution is 9.11. The van der Waals surface area contributed by atoms with Crippen molar-refractivity contribution in [2.45, 2.75) is 38.1 Å². The fourth-order valence-corrected chi connectivity index (χ4v) is 3.67. The van der Waals surface area contributed by atoms with Gasteiger partial charge in [0.25, 0.3) is 5.60 Å². The molecule has 0 bridgehead atoms. The largest absolute Gasteiger partial charge is 0.458 e. The van der Waals surface area contributed by atoms with Gasteiger partial charge in [-0.05, 0) is 4.48 Å². The standard InChI is InChI=1S/C17H18BrF3O3/c1-15(2)10-12(18)9-13(15)24-14(22)16(23-3,17(19,20)21)11-7-5-4-6-8-11/h4-8,10,13H,9H2,1-3H3/t13-,16+/m1/s1. The van der Waals surface area contributed by atoms with Gasteiger partial charge in [0.05, 0.1) is 0 Å². The topological polar surface area (TPSA) is 35.5 Å². The van der Waals surface area contributed by atoms with Gasteiger partial charge < -0.3 is 9.47 Å². The van der Waals surface area contributed by atoms with Gasteiger partial charge >= 0.3 is 12.1 Å².